The Balaban J connectivity index is 2.83. The monoisotopic (exact) mass is 141 g/mol. The van der Waals surface area contributed by atoms with Gasteiger partial charge in [0.25, 0.3) is 0 Å². The second kappa shape index (κ2) is 2.19. The molecule has 2 nitrogen and oxygen atoms in total. The molecule has 0 bridgehead atoms. The van der Waals surface area contributed by atoms with Crippen molar-refractivity contribution in [2.45, 2.75) is 33.1 Å². The van der Waals surface area contributed by atoms with E-state index in [0.717, 1.165) is 0 Å². The number of carbonyl (C=O) groups excluding carboxylic acids is 2. The van der Waals surface area contributed by atoms with Gasteiger partial charge < -0.3 is 0 Å². The van der Waals surface area contributed by atoms with Crippen LogP contribution in [0.3, 0.4) is 0 Å². The zero-order valence-corrected chi connectivity index (χ0v) is 6.31. The Labute approximate surface area is 62.0 Å². The van der Waals surface area contributed by atoms with Crippen molar-refractivity contribution in [2.24, 2.45) is 5.41 Å². The molecule has 10 heavy (non-hydrogen) atoms. The van der Waals surface area contributed by atoms with Crippen molar-refractivity contribution in [3.63, 3.8) is 0 Å². The Morgan fingerprint density at radius 3 is 2.50 bits per heavy atom. The summed E-state index contributed by atoms with van der Waals surface area (Å²) in [6.45, 7) is 3.58. The lowest BCUT2D eigenvalue weighted by molar-refractivity contribution is -0.133. The first-order valence-electron chi connectivity index (χ1n) is 3.98. The standard InChI is InChI=1S/C8H12O2/c1-8(2)4-6(9)3-7(10)5-8/h3-5H2,1-2H3/i4D. The Bertz CT molecular complexity index is 208. The van der Waals surface area contributed by atoms with E-state index >= 15 is 0 Å². The van der Waals surface area contributed by atoms with E-state index in [1.54, 1.807) is 13.8 Å². The van der Waals surface area contributed by atoms with Gasteiger partial charge in [-0.3, -0.25) is 9.59 Å². The van der Waals surface area contributed by atoms with Gasteiger partial charge in [0.05, 0.1) is 6.42 Å². The van der Waals surface area contributed by atoms with Crippen molar-refractivity contribution in [3.05, 3.63) is 0 Å². The second-order valence-corrected chi connectivity index (χ2v) is 3.49. The van der Waals surface area contributed by atoms with Gasteiger partial charge in [0.15, 0.2) is 0 Å². The van der Waals surface area contributed by atoms with Crippen LogP contribution in [0.25, 0.3) is 0 Å². The average molecular weight is 141 g/mol. The van der Waals surface area contributed by atoms with E-state index in [9.17, 15) is 9.59 Å². The number of Topliss-reactive ketones (excluding diaryl/α,β-unsaturated/α-hetero) is 2. The van der Waals surface area contributed by atoms with Crippen molar-refractivity contribution in [1.29, 1.82) is 0 Å². The number of hydrogen-bond donors (Lipinski definition) is 0. The smallest absolute Gasteiger partial charge is 0.140 e. The third-order valence-corrected chi connectivity index (χ3v) is 1.58. The highest BCUT2D eigenvalue weighted by atomic mass is 16.1. The van der Waals surface area contributed by atoms with Gasteiger partial charge in [-0.1, -0.05) is 13.8 Å². The van der Waals surface area contributed by atoms with Crippen molar-refractivity contribution in [2.75, 3.05) is 0 Å². The molecule has 0 heterocycles. The largest absolute Gasteiger partial charge is 0.299 e. The van der Waals surface area contributed by atoms with E-state index in [-0.39, 0.29) is 18.0 Å². The minimum Gasteiger partial charge on any atom is -0.299 e. The molecule has 0 amide bonds. The quantitative estimate of drug-likeness (QED) is 0.477. The molecule has 56 valence electrons. The normalized spacial score (nSPS) is 33.8. The highest BCUT2D eigenvalue weighted by Gasteiger charge is 2.31. The molecule has 0 aromatic heterocycles. The van der Waals surface area contributed by atoms with Gasteiger partial charge in [0.2, 0.25) is 0 Å². The first-order valence-corrected chi connectivity index (χ1v) is 3.40. The molecule has 1 aliphatic carbocycles. The van der Waals surface area contributed by atoms with Gasteiger partial charge in [-0.15, -0.1) is 0 Å². The lowest BCUT2D eigenvalue weighted by Crippen LogP contribution is -2.28. The summed E-state index contributed by atoms with van der Waals surface area (Å²) in [5.41, 5.74) is -0.452. The van der Waals surface area contributed by atoms with Gasteiger partial charge in [-0.05, 0) is 5.41 Å². The molecule has 1 unspecified atom stereocenters. The maximum Gasteiger partial charge on any atom is 0.140 e. The SMILES string of the molecule is [2H]C1C(=O)CC(=O)CC1(C)C. The molecule has 1 atom stereocenters. The maximum absolute atomic E-state index is 11.0. The molecule has 0 saturated heterocycles. The summed E-state index contributed by atoms with van der Waals surface area (Å²) in [6.07, 6.45) is -0.370. The van der Waals surface area contributed by atoms with E-state index in [2.05, 4.69) is 0 Å². The van der Waals surface area contributed by atoms with Crippen LogP contribution in [-0.4, -0.2) is 11.6 Å². The molecule has 0 N–H and O–H groups in total. The fourth-order valence-electron chi connectivity index (χ4n) is 1.30. The summed E-state index contributed by atoms with van der Waals surface area (Å²) >= 11 is 0. The molecule has 0 spiro atoms. The molecule has 1 fully saturated rings. The van der Waals surface area contributed by atoms with Gasteiger partial charge in [0, 0.05) is 14.2 Å². The number of hydrogen-bond acceptors (Lipinski definition) is 2. The number of ketones is 2. The summed E-state index contributed by atoms with van der Waals surface area (Å²) in [7, 11) is 0. The Morgan fingerprint density at radius 1 is 1.40 bits per heavy atom. The van der Waals surface area contributed by atoms with Crippen LogP contribution in [0.15, 0.2) is 0 Å². The minimum atomic E-state index is -0.708. The van der Waals surface area contributed by atoms with Crippen molar-refractivity contribution < 1.29 is 11.0 Å². The van der Waals surface area contributed by atoms with Crippen LogP contribution >= 0.6 is 0 Å². The zero-order valence-electron chi connectivity index (χ0n) is 7.31. The Hall–Kier alpha value is -0.660. The second-order valence-electron chi connectivity index (χ2n) is 3.49. The molecule has 0 aromatic carbocycles. The van der Waals surface area contributed by atoms with Crippen molar-refractivity contribution in [1.82, 2.24) is 0 Å². The molecular formula is C8H12O2. The fourth-order valence-corrected chi connectivity index (χ4v) is 1.30. The van der Waals surface area contributed by atoms with Gasteiger partial charge in [-0.25, -0.2) is 0 Å². The van der Waals surface area contributed by atoms with E-state index in [0.29, 0.717) is 6.42 Å². The predicted molar refractivity (Wildman–Crippen MR) is 37.6 cm³/mol. The third-order valence-electron chi connectivity index (χ3n) is 1.58. The Kier molecular flexibility index (Phi) is 1.33. The number of rotatable bonds is 0. The molecule has 1 aliphatic rings. The highest BCUT2D eigenvalue weighted by Crippen LogP contribution is 2.30. The molecule has 0 radical (unpaired) electrons. The zero-order chi connectivity index (χ0) is 8.65. The van der Waals surface area contributed by atoms with Gasteiger partial charge >= 0.3 is 0 Å². The van der Waals surface area contributed by atoms with Crippen LogP contribution in [0.2, 0.25) is 0 Å². The van der Waals surface area contributed by atoms with Crippen LogP contribution < -0.4 is 0 Å². The Morgan fingerprint density at radius 2 is 2.00 bits per heavy atom. The topological polar surface area (TPSA) is 34.1 Å². The highest BCUT2D eigenvalue weighted by molar-refractivity contribution is 6.01. The van der Waals surface area contributed by atoms with E-state index < -0.39 is 11.8 Å². The van der Waals surface area contributed by atoms with Crippen molar-refractivity contribution >= 4 is 11.6 Å². The summed E-state index contributed by atoms with van der Waals surface area (Å²) in [5.74, 6) is -0.255. The molecule has 1 saturated carbocycles. The van der Waals surface area contributed by atoms with Crippen LogP contribution in [0.5, 0.6) is 0 Å². The summed E-state index contributed by atoms with van der Waals surface area (Å²) < 4.78 is 7.47. The van der Waals surface area contributed by atoms with E-state index in [4.69, 9.17) is 1.37 Å². The first-order chi connectivity index (χ1) is 4.93. The molecule has 1 rings (SSSR count). The average Bonchev–Trinajstić information content (AvgIpc) is 1.81. The van der Waals surface area contributed by atoms with Crippen LogP contribution in [-0.2, 0) is 9.59 Å². The van der Waals surface area contributed by atoms with Gasteiger partial charge in [-0.2, -0.15) is 0 Å². The first kappa shape index (κ1) is 6.08. The molecule has 0 aliphatic heterocycles. The lowest BCUT2D eigenvalue weighted by atomic mass is 9.76. The number of carbonyl (C=O) groups is 2. The van der Waals surface area contributed by atoms with Crippen LogP contribution in [0.4, 0.5) is 0 Å². The third kappa shape index (κ3) is 1.66. The fraction of sp³-hybridized carbons (Fsp3) is 0.750. The molecule has 2 heteroatoms. The predicted octanol–water partition coefficient (Wildman–Crippen LogP) is 1.33. The summed E-state index contributed by atoms with van der Waals surface area (Å²) in [6, 6.07) is 0. The lowest BCUT2D eigenvalue weighted by Gasteiger charge is -2.26. The minimum absolute atomic E-state index is 0.0245. The van der Waals surface area contributed by atoms with Crippen LogP contribution in [0.1, 0.15) is 34.5 Å². The van der Waals surface area contributed by atoms with Crippen molar-refractivity contribution in [3.8, 4) is 0 Å². The maximum atomic E-state index is 11.0. The molecule has 0 aromatic rings. The van der Waals surface area contributed by atoms with E-state index in [1.807, 2.05) is 0 Å². The molecular weight excluding hydrogens is 128 g/mol. The van der Waals surface area contributed by atoms with Crippen LogP contribution in [0, 0.1) is 5.41 Å². The van der Waals surface area contributed by atoms with E-state index in [1.165, 1.54) is 0 Å². The summed E-state index contributed by atoms with van der Waals surface area (Å²) in [5, 5.41) is 0. The summed E-state index contributed by atoms with van der Waals surface area (Å²) in [4.78, 5) is 21.9. The van der Waals surface area contributed by atoms with Gasteiger partial charge in [0.1, 0.15) is 11.6 Å².